The fraction of sp³-hybridized carbons (Fsp3) is 0.556. The predicted molar refractivity (Wildman–Crippen MR) is 46.5 cm³/mol. The van der Waals surface area contributed by atoms with Crippen LogP contribution in [0.5, 0.6) is 0 Å². The molecular weight excluding hydrogens is 170 g/mol. The van der Waals surface area contributed by atoms with E-state index in [1.54, 1.807) is 6.07 Å². The zero-order valence-electron chi connectivity index (χ0n) is 8.25. The first-order valence-corrected chi connectivity index (χ1v) is 4.00. The van der Waals surface area contributed by atoms with Gasteiger partial charge in [0.25, 0.3) is 0 Å². The number of carbonyl (C=O) groups excluding carboxylic acids is 1. The first-order valence-electron chi connectivity index (χ1n) is 4.00. The Balaban J connectivity index is 2.93. The molecule has 0 amide bonds. The van der Waals surface area contributed by atoms with Crippen molar-refractivity contribution in [3.63, 3.8) is 0 Å². The van der Waals surface area contributed by atoms with Crippen LogP contribution in [0.1, 0.15) is 37.0 Å². The standard InChI is InChI=1S/C9H13NO3/c1-9(2,3)7-5-6(13-10-7)8(11)12-4/h5H,1-4H3. The van der Waals surface area contributed by atoms with Gasteiger partial charge in [0.2, 0.25) is 5.76 Å². The molecule has 0 aliphatic carbocycles. The number of nitrogens with zero attached hydrogens (tertiary/aromatic N) is 1. The highest BCUT2D eigenvalue weighted by molar-refractivity contribution is 5.86. The Kier molecular flexibility index (Phi) is 2.40. The van der Waals surface area contributed by atoms with Crippen LogP contribution in [0.2, 0.25) is 0 Å². The predicted octanol–water partition coefficient (Wildman–Crippen LogP) is 1.76. The Bertz CT molecular complexity index is 309. The van der Waals surface area contributed by atoms with Crippen molar-refractivity contribution in [2.75, 3.05) is 7.11 Å². The molecule has 0 fully saturated rings. The fourth-order valence-corrected chi connectivity index (χ4v) is 0.825. The van der Waals surface area contributed by atoms with Gasteiger partial charge in [-0.25, -0.2) is 4.79 Å². The normalized spacial score (nSPS) is 11.4. The number of rotatable bonds is 1. The Labute approximate surface area is 76.9 Å². The monoisotopic (exact) mass is 183 g/mol. The van der Waals surface area contributed by atoms with Crippen LogP contribution < -0.4 is 0 Å². The molecule has 4 heteroatoms. The van der Waals surface area contributed by atoms with E-state index in [4.69, 9.17) is 4.52 Å². The summed E-state index contributed by atoms with van der Waals surface area (Å²) in [5.41, 5.74) is 0.628. The quantitative estimate of drug-likeness (QED) is 0.622. The summed E-state index contributed by atoms with van der Waals surface area (Å²) in [5, 5.41) is 3.78. The van der Waals surface area contributed by atoms with Gasteiger partial charge in [0.15, 0.2) is 0 Å². The largest absolute Gasteiger partial charge is 0.463 e. The van der Waals surface area contributed by atoms with Crippen molar-refractivity contribution in [2.45, 2.75) is 26.2 Å². The first kappa shape index (κ1) is 9.77. The molecule has 0 radical (unpaired) electrons. The van der Waals surface area contributed by atoms with E-state index in [1.807, 2.05) is 20.8 Å². The molecule has 1 aromatic rings. The average Bonchev–Trinajstić information content (AvgIpc) is 2.50. The molecule has 0 N–H and O–H groups in total. The number of carbonyl (C=O) groups is 1. The van der Waals surface area contributed by atoms with Crippen LogP contribution in [0.15, 0.2) is 10.6 Å². The third-order valence-electron chi connectivity index (χ3n) is 1.67. The lowest BCUT2D eigenvalue weighted by Crippen LogP contribution is -2.11. The maximum absolute atomic E-state index is 11.0. The molecule has 0 aliphatic rings. The SMILES string of the molecule is COC(=O)c1cc(C(C)(C)C)no1. The van der Waals surface area contributed by atoms with Gasteiger partial charge in [-0.1, -0.05) is 25.9 Å². The molecule has 72 valence electrons. The summed E-state index contributed by atoms with van der Waals surface area (Å²) in [6, 6.07) is 1.60. The highest BCUT2D eigenvalue weighted by Gasteiger charge is 2.21. The zero-order chi connectivity index (χ0) is 10.1. The van der Waals surface area contributed by atoms with E-state index >= 15 is 0 Å². The maximum Gasteiger partial charge on any atom is 0.376 e. The minimum Gasteiger partial charge on any atom is -0.463 e. The third kappa shape index (κ3) is 2.08. The van der Waals surface area contributed by atoms with Crippen molar-refractivity contribution in [3.8, 4) is 0 Å². The summed E-state index contributed by atoms with van der Waals surface area (Å²) in [5.74, 6) is -0.351. The van der Waals surface area contributed by atoms with E-state index in [1.165, 1.54) is 7.11 Å². The molecule has 13 heavy (non-hydrogen) atoms. The van der Waals surface area contributed by atoms with Crippen LogP contribution in [0, 0.1) is 0 Å². The minimum absolute atomic E-state index is 0.115. The van der Waals surface area contributed by atoms with Crippen LogP contribution in [0.3, 0.4) is 0 Å². The second-order valence-electron chi connectivity index (χ2n) is 3.82. The Morgan fingerprint density at radius 3 is 2.54 bits per heavy atom. The molecule has 0 saturated heterocycles. The van der Waals surface area contributed by atoms with Crippen molar-refractivity contribution in [2.24, 2.45) is 0 Å². The molecule has 0 aromatic carbocycles. The van der Waals surface area contributed by atoms with E-state index < -0.39 is 5.97 Å². The molecular formula is C9H13NO3. The molecule has 1 rings (SSSR count). The van der Waals surface area contributed by atoms with E-state index in [0.29, 0.717) is 0 Å². The Morgan fingerprint density at radius 1 is 1.54 bits per heavy atom. The molecule has 0 bridgehead atoms. The molecule has 0 atom stereocenters. The van der Waals surface area contributed by atoms with Crippen LogP contribution in [0.25, 0.3) is 0 Å². The van der Waals surface area contributed by atoms with Gasteiger partial charge in [0.05, 0.1) is 12.8 Å². The topological polar surface area (TPSA) is 52.3 Å². The summed E-state index contributed by atoms with van der Waals surface area (Å²) in [6.07, 6.45) is 0. The van der Waals surface area contributed by atoms with Crippen molar-refractivity contribution in [1.82, 2.24) is 5.16 Å². The highest BCUT2D eigenvalue weighted by atomic mass is 16.5. The molecule has 0 spiro atoms. The minimum atomic E-state index is -0.497. The van der Waals surface area contributed by atoms with Crippen LogP contribution in [-0.4, -0.2) is 18.2 Å². The number of hydrogen-bond donors (Lipinski definition) is 0. The van der Waals surface area contributed by atoms with Gasteiger partial charge in [-0.2, -0.15) is 0 Å². The third-order valence-corrected chi connectivity index (χ3v) is 1.67. The van der Waals surface area contributed by atoms with Gasteiger partial charge in [-0.05, 0) is 0 Å². The summed E-state index contributed by atoms with van der Waals surface area (Å²) >= 11 is 0. The molecule has 0 unspecified atom stereocenters. The van der Waals surface area contributed by atoms with Gasteiger partial charge in [0, 0.05) is 11.5 Å². The Morgan fingerprint density at radius 2 is 2.15 bits per heavy atom. The second-order valence-corrected chi connectivity index (χ2v) is 3.82. The number of esters is 1. The smallest absolute Gasteiger partial charge is 0.376 e. The van der Waals surface area contributed by atoms with Crippen molar-refractivity contribution in [3.05, 3.63) is 17.5 Å². The van der Waals surface area contributed by atoms with Gasteiger partial charge >= 0.3 is 5.97 Å². The van der Waals surface area contributed by atoms with E-state index in [9.17, 15) is 4.79 Å². The lowest BCUT2D eigenvalue weighted by molar-refractivity contribution is 0.0554. The van der Waals surface area contributed by atoms with E-state index in [0.717, 1.165) is 5.69 Å². The lowest BCUT2D eigenvalue weighted by Gasteiger charge is -2.12. The van der Waals surface area contributed by atoms with Gasteiger partial charge in [0.1, 0.15) is 0 Å². The van der Waals surface area contributed by atoms with Crippen molar-refractivity contribution in [1.29, 1.82) is 0 Å². The van der Waals surface area contributed by atoms with Gasteiger partial charge in [-0.3, -0.25) is 0 Å². The van der Waals surface area contributed by atoms with E-state index in [-0.39, 0.29) is 11.2 Å². The summed E-state index contributed by atoms with van der Waals surface area (Å²) in [6.45, 7) is 5.98. The van der Waals surface area contributed by atoms with Crippen molar-refractivity contribution < 1.29 is 14.1 Å². The number of hydrogen-bond acceptors (Lipinski definition) is 4. The zero-order valence-corrected chi connectivity index (χ0v) is 8.25. The highest BCUT2D eigenvalue weighted by Crippen LogP contribution is 2.21. The maximum atomic E-state index is 11.0. The summed E-state index contributed by atoms with van der Waals surface area (Å²) in [7, 11) is 1.31. The Hall–Kier alpha value is -1.32. The summed E-state index contributed by atoms with van der Waals surface area (Å²) < 4.78 is 9.31. The van der Waals surface area contributed by atoms with Crippen LogP contribution in [0.4, 0.5) is 0 Å². The number of aromatic nitrogens is 1. The number of methoxy groups -OCH3 is 1. The second kappa shape index (κ2) is 3.20. The van der Waals surface area contributed by atoms with Gasteiger partial charge in [-0.15, -0.1) is 0 Å². The molecule has 1 heterocycles. The van der Waals surface area contributed by atoms with Crippen LogP contribution in [-0.2, 0) is 10.2 Å². The molecule has 0 aliphatic heterocycles. The lowest BCUT2D eigenvalue weighted by atomic mass is 9.92. The fourth-order valence-electron chi connectivity index (χ4n) is 0.825. The van der Waals surface area contributed by atoms with Crippen LogP contribution >= 0.6 is 0 Å². The molecule has 1 aromatic heterocycles. The van der Waals surface area contributed by atoms with Crippen molar-refractivity contribution >= 4 is 5.97 Å². The van der Waals surface area contributed by atoms with E-state index in [2.05, 4.69) is 9.89 Å². The average molecular weight is 183 g/mol. The number of ether oxygens (including phenoxy) is 1. The molecule has 4 nitrogen and oxygen atoms in total. The molecule has 0 saturated carbocycles. The first-order chi connectivity index (χ1) is 5.95. The summed E-state index contributed by atoms with van der Waals surface area (Å²) in [4.78, 5) is 11.0. The van der Waals surface area contributed by atoms with Gasteiger partial charge < -0.3 is 9.26 Å².